The minimum absolute atomic E-state index is 0.0622. The standard InChI is InChI=1S/C57H102O5/c1-4-7-10-13-16-19-22-25-27-28-29-31-34-37-40-43-46-49-52-60-53-55(62-57(59)51-48-45-42-39-36-32-24-21-18-15-12-9-6-3)54-61-56(58)50-47-44-41-38-35-33-30-26-23-20-17-14-11-8-5-2/h8,11,17,20-21,24,26,30,35,38,55H,4-7,9-10,12-16,18-19,22-23,25,27-29,31-34,36-37,39-54H2,1-3H3/b11-8-,20-17-,24-21-,30-26-,38-35-. The van der Waals surface area contributed by atoms with E-state index in [0.717, 1.165) is 83.5 Å². The lowest BCUT2D eigenvalue weighted by atomic mass is 10.0. The monoisotopic (exact) mass is 867 g/mol. The van der Waals surface area contributed by atoms with Crippen LogP contribution in [0.5, 0.6) is 0 Å². The van der Waals surface area contributed by atoms with E-state index in [4.69, 9.17) is 14.2 Å². The highest BCUT2D eigenvalue weighted by Gasteiger charge is 2.17. The Balaban J connectivity index is 4.29. The minimum atomic E-state index is -0.555. The first-order valence-electron chi connectivity index (χ1n) is 26.8. The number of rotatable bonds is 49. The average molecular weight is 867 g/mol. The van der Waals surface area contributed by atoms with E-state index in [2.05, 4.69) is 81.5 Å². The number of carbonyl (C=O) groups is 2. The van der Waals surface area contributed by atoms with Gasteiger partial charge < -0.3 is 14.2 Å². The van der Waals surface area contributed by atoms with Crippen molar-refractivity contribution in [1.29, 1.82) is 0 Å². The molecule has 0 rings (SSSR count). The van der Waals surface area contributed by atoms with Gasteiger partial charge in [-0.1, -0.05) is 229 Å². The van der Waals surface area contributed by atoms with E-state index in [1.165, 1.54) is 148 Å². The maximum Gasteiger partial charge on any atom is 0.306 e. The van der Waals surface area contributed by atoms with Crippen molar-refractivity contribution in [3.63, 3.8) is 0 Å². The van der Waals surface area contributed by atoms with Crippen LogP contribution in [0.2, 0.25) is 0 Å². The van der Waals surface area contributed by atoms with Gasteiger partial charge >= 0.3 is 11.9 Å². The lowest BCUT2D eigenvalue weighted by Gasteiger charge is -2.18. The van der Waals surface area contributed by atoms with E-state index in [1.807, 2.05) is 0 Å². The molecule has 0 aliphatic carbocycles. The van der Waals surface area contributed by atoms with E-state index in [-0.39, 0.29) is 25.2 Å². The molecule has 0 aromatic carbocycles. The van der Waals surface area contributed by atoms with E-state index in [9.17, 15) is 9.59 Å². The van der Waals surface area contributed by atoms with E-state index < -0.39 is 6.10 Å². The first-order chi connectivity index (χ1) is 30.6. The van der Waals surface area contributed by atoms with E-state index in [1.54, 1.807) is 0 Å². The molecule has 0 N–H and O–H groups in total. The van der Waals surface area contributed by atoms with Crippen molar-refractivity contribution in [1.82, 2.24) is 0 Å². The van der Waals surface area contributed by atoms with Crippen LogP contribution < -0.4 is 0 Å². The summed E-state index contributed by atoms with van der Waals surface area (Å²) < 4.78 is 17.4. The fourth-order valence-electron chi connectivity index (χ4n) is 7.56. The van der Waals surface area contributed by atoms with Crippen molar-refractivity contribution in [3.05, 3.63) is 60.8 Å². The molecule has 0 aromatic heterocycles. The molecule has 0 aromatic rings. The minimum Gasteiger partial charge on any atom is -0.462 e. The van der Waals surface area contributed by atoms with Crippen molar-refractivity contribution >= 4 is 11.9 Å². The molecule has 360 valence electrons. The average Bonchev–Trinajstić information content (AvgIpc) is 3.27. The van der Waals surface area contributed by atoms with Gasteiger partial charge in [-0.25, -0.2) is 0 Å². The van der Waals surface area contributed by atoms with Gasteiger partial charge in [-0.05, 0) is 83.5 Å². The maximum absolute atomic E-state index is 12.8. The quantitative estimate of drug-likeness (QED) is 0.0346. The van der Waals surface area contributed by atoms with Crippen LogP contribution in [0, 0.1) is 0 Å². The maximum atomic E-state index is 12.8. The molecule has 0 spiro atoms. The molecule has 5 heteroatoms. The summed E-state index contributed by atoms with van der Waals surface area (Å²) in [4.78, 5) is 25.4. The summed E-state index contributed by atoms with van der Waals surface area (Å²) >= 11 is 0. The predicted octanol–water partition coefficient (Wildman–Crippen LogP) is 18.1. The Morgan fingerprint density at radius 2 is 0.726 bits per heavy atom. The summed E-state index contributed by atoms with van der Waals surface area (Å²) in [6, 6.07) is 0. The van der Waals surface area contributed by atoms with Crippen LogP contribution in [0.3, 0.4) is 0 Å². The zero-order valence-electron chi connectivity index (χ0n) is 41.4. The second kappa shape index (κ2) is 52.9. The van der Waals surface area contributed by atoms with Gasteiger partial charge in [-0.2, -0.15) is 0 Å². The molecule has 5 nitrogen and oxygen atoms in total. The zero-order chi connectivity index (χ0) is 44.9. The third-order valence-corrected chi connectivity index (χ3v) is 11.5. The smallest absolute Gasteiger partial charge is 0.306 e. The van der Waals surface area contributed by atoms with Gasteiger partial charge in [-0.3, -0.25) is 9.59 Å². The van der Waals surface area contributed by atoms with Crippen LogP contribution in [0.1, 0.15) is 265 Å². The third-order valence-electron chi connectivity index (χ3n) is 11.5. The van der Waals surface area contributed by atoms with Crippen LogP contribution in [0.4, 0.5) is 0 Å². The molecule has 0 radical (unpaired) electrons. The molecular formula is C57H102O5. The van der Waals surface area contributed by atoms with Crippen LogP contribution in [-0.2, 0) is 23.8 Å². The number of carbonyl (C=O) groups excluding carboxylic acids is 2. The number of unbranched alkanes of at least 4 members (excludes halogenated alkanes) is 28. The molecule has 0 amide bonds. The lowest BCUT2D eigenvalue weighted by Crippen LogP contribution is -2.30. The molecule has 0 fully saturated rings. The highest BCUT2D eigenvalue weighted by molar-refractivity contribution is 5.70. The molecule has 0 heterocycles. The summed E-state index contributed by atoms with van der Waals surface area (Å²) in [6.45, 7) is 7.68. The highest BCUT2D eigenvalue weighted by Crippen LogP contribution is 2.15. The first kappa shape index (κ1) is 59.6. The van der Waals surface area contributed by atoms with Crippen molar-refractivity contribution in [2.24, 2.45) is 0 Å². The van der Waals surface area contributed by atoms with Crippen LogP contribution in [0.15, 0.2) is 60.8 Å². The summed E-state index contributed by atoms with van der Waals surface area (Å²) in [5.74, 6) is -0.446. The summed E-state index contributed by atoms with van der Waals surface area (Å²) in [6.07, 6.45) is 66.7. The van der Waals surface area contributed by atoms with Crippen LogP contribution in [-0.4, -0.2) is 37.9 Å². The zero-order valence-corrected chi connectivity index (χ0v) is 41.4. The number of hydrogen-bond donors (Lipinski definition) is 0. The number of hydrogen-bond acceptors (Lipinski definition) is 5. The normalized spacial score (nSPS) is 12.6. The first-order valence-corrected chi connectivity index (χ1v) is 26.8. The Labute approximate surface area is 385 Å². The molecule has 0 bridgehead atoms. The predicted molar refractivity (Wildman–Crippen MR) is 270 cm³/mol. The van der Waals surface area contributed by atoms with Crippen LogP contribution >= 0.6 is 0 Å². The lowest BCUT2D eigenvalue weighted by molar-refractivity contribution is -0.163. The van der Waals surface area contributed by atoms with E-state index >= 15 is 0 Å². The molecule has 62 heavy (non-hydrogen) atoms. The van der Waals surface area contributed by atoms with Gasteiger partial charge in [0.15, 0.2) is 6.10 Å². The molecular weight excluding hydrogens is 765 g/mol. The van der Waals surface area contributed by atoms with Crippen LogP contribution in [0.25, 0.3) is 0 Å². The fraction of sp³-hybridized carbons (Fsp3) is 0.789. The summed E-state index contributed by atoms with van der Waals surface area (Å²) in [5, 5.41) is 0. The number of allylic oxidation sites excluding steroid dienone is 10. The van der Waals surface area contributed by atoms with Gasteiger partial charge in [0.1, 0.15) is 6.61 Å². The van der Waals surface area contributed by atoms with Crippen molar-refractivity contribution in [2.75, 3.05) is 19.8 Å². The fourth-order valence-corrected chi connectivity index (χ4v) is 7.56. The van der Waals surface area contributed by atoms with Gasteiger partial charge in [0.05, 0.1) is 6.61 Å². The summed E-state index contributed by atoms with van der Waals surface area (Å²) in [5.41, 5.74) is 0. The van der Waals surface area contributed by atoms with Crippen molar-refractivity contribution < 1.29 is 23.8 Å². The molecule has 0 saturated heterocycles. The Kier molecular flexibility index (Phi) is 50.9. The highest BCUT2D eigenvalue weighted by atomic mass is 16.6. The van der Waals surface area contributed by atoms with E-state index in [0.29, 0.717) is 19.4 Å². The largest absolute Gasteiger partial charge is 0.462 e. The van der Waals surface area contributed by atoms with Gasteiger partial charge in [0.2, 0.25) is 0 Å². The molecule has 0 aliphatic heterocycles. The third kappa shape index (κ3) is 50.2. The van der Waals surface area contributed by atoms with Crippen molar-refractivity contribution in [3.8, 4) is 0 Å². The Morgan fingerprint density at radius 3 is 1.23 bits per heavy atom. The second-order valence-corrected chi connectivity index (χ2v) is 17.8. The number of esters is 2. The molecule has 0 saturated carbocycles. The molecule has 1 unspecified atom stereocenters. The molecule has 0 aliphatic rings. The SMILES string of the molecule is CC/C=C\C/C=C\C/C=C\C/C=C\CCCCC(=O)OCC(COCCCCCCCCCCCCCCCCCCCC)OC(=O)CCCCCCC/C=C\CCCCCC. The summed E-state index contributed by atoms with van der Waals surface area (Å²) in [7, 11) is 0. The molecule has 1 atom stereocenters. The Morgan fingerprint density at radius 1 is 0.371 bits per heavy atom. The van der Waals surface area contributed by atoms with Gasteiger partial charge in [-0.15, -0.1) is 0 Å². The van der Waals surface area contributed by atoms with Crippen molar-refractivity contribution in [2.45, 2.75) is 271 Å². The Hall–Kier alpha value is -2.40. The second-order valence-electron chi connectivity index (χ2n) is 17.8. The topological polar surface area (TPSA) is 61.8 Å². The Bertz CT molecular complexity index is 1070. The van der Waals surface area contributed by atoms with Gasteiger partial charge in [0.25, 0.3) is 0 Å². The number of ether oxygens (including phenoxy) is 3. The van der Waals surface area contributed by atoms with Gasteiger partial charge in [0, 0.05) is 19.4 Å².